The quantitative estimate of drug-likeness (QED) is 0.0614. The Labute approximate surface area is 365 Å². The van der Waals surface area contributed by atoms with Gasteiger partial charge in [-0.1, -0.05) is 0 Å². The van der Waals surface area contributed by atoms with Gasteiger partial charge < -0.3 is 56.3 Å². The van der Waals surface area contributed by atoms with Gasteiger partial charge in [0, 0.05) is 66.7 Å². The lowest BCUT2D eigenvalue weighted by molar-refractivity contribution is -0.643. The van der Waals surface area contributed by atoms with Crippen molar-refractivity contribution in [3.05, 3.63) is 102 Å². The van der Waals surface area contributed by atoms with Gasteiger partial charge in [0.2, 0.25) is 0 Å². The van der Waals surface area contributed by atoms with Gasteiger partial charge in [-0.25, -0.2) is 15.0 Å². The van der Waals surface area contributed by atoms with Crippen molar-refractivity contribution in [1.82, 2.24) is 35.1 Å². The van der Waals surface area contributed by atoms with Crippen molar-refractivity contribution in [2.24, 2.45) is 0 Å². The predicted octanol–water partition coefficient (Wildman–Crippen LogP) is 3.44. The van der Waals surface area contributed by atoms with E-state index in [9.17, 15) is 25.7 Å². The summed E-state index contributed by atoms with van der Waals surface area (Å²) in [5, 5.41) is 59.0. The van der Waals surface area contributed by atoms with E-state index in [0.717, 1.165) is 23.2 Å². The van der Waals surface area contributed by atoms with Crippen molar-refractivity contribution < 1.29 is 38.4 Å². The van der Waals surface area contributed by atoms with E-state index in [4.69, 9.17) is 42.0 Å². The molecule has 3 aromatic heterocycles. The monoisotopic (exact) mass is 890 g/mol. The SMILES string of the molecule is COc1cc(N)c([N+](=O)[O-])cc1C.COc1cc2nc(Cl)n[n+]([O-])c2cc1C.COc1cc2nc(N)n[n+]([O-])c2cc1C.COc1cc2nc(NCCN(C)C)n[n+]([O-])c2cc1C. The lowest BCUT2D eigenvalue weighted by atomic mass is 10.2. The molecule has 7 rings (SSSR count). The largest absolute Gasteiger partial charge is 0.594 e. The van der Waals surface area contributed by atoms with Gasteiger partial charge in [0.1, 0.15) is 45.2 Å². The molecule has 63 heavy (non-hydrogen) atoms. The Morgan fingerprint density at radius 1 is 0.651 bits per heavy atom. The number of aromatic nitrogens is 9. The molecule has 24 heteroatoms. The second-order valence-corrected chi connectivity index (χ2v) is 14.0. The highest BCUT2D eigenvalue weighted by Crippen LogP contribution is 2.30. The first-order chi connectivity index (χ1) is 29.8. The van der Waals surface area contributed by atoms with Crippen LogP contribution in [0.5, 0.6) is 23.0 Å². The molecular weight excluding hydrogens is 844 g/mol. The van der Waals surface area contributed by atoms with E-state index in [1.807, 2.05) is 39.8 Å². The van der Waals surface area contributed by atoms with Crippen LogP contribution in [-0.2, 0) is 0 Å². The molecule has 5 N–H and O–H groups in total. The lowest BCUT2D eigenvalue weighted by Crippen LogP contribution is -2.34. The molecule has 0 atom stereocenters. The molecule has 0 saturated heterocycles. The van der Waals surface area contributed by atoms with Crippen molar-refractivity contribution >= 4 is 68.0 Å². The third kappa shape index (κ3) is 12.2. The maximum Gasteiger partial charge on any atom is 0.292 e. The first-order valence-electron chi connectivity index (χ1n) is 18.6. The topological polar surface area (TPSA) is 306 Å². The van der Waals surface area contributed by atoms with E-state index >= 15 is 0 Å². The average molecular weight is 891 g/mol. The number of ether oxygens (including phenoxy) is 4. The van der Waals surface area contributed by atoms with Crippen molar-refractivity contribution in [3.63, 3.8) is 0 Å². The summed E-state index contributed by atoms with van der Waals surface area (Å²) in [6, 6.07) is 13.0. The van der Waals surface area contributed by atoms with Gasteiger partial charge in [0.05, 0.1) is 43.6 Å². The van der Waals surface area contributed by atoms with Crippen LogP contribution in [0.25, 0.3) is 33.1 Å². The highest BCUT2D eigenvalue weighted by Gasteiger charge is 2.17. The highest BCUT2D eigenvalue weighted by atomic mass is 35.5. The van der Waals surface area contributed by atoms with Crippen molar-refractivity contribution in [1.29, 1.82) is 0 Å². The Hall–Kier alpha value is -7.66. The summed E-state index contributed by atoms with van der Waals surface area (Å²) in [4.78, 5) is 25.7. The zero-order valence-corrected chi connectivity index (χ0v) is 36.9. The third-order valence-electron chi connectivity index (χ3n) is 8.90. The van der Waals surface area contributed by atoms with Crippen LogP contribution in [0.4, 0.5) is 23.3 Å². The molecule has 23 nitrogen and oxygen atoms in total. The zero-order chi connectivity index (χ0) is 46.7. The number of hydrogen-bond acceptors (Lipinski definition) is 19. The number of halogens is 1. The van der Waals surface area contributed by atoms with Crippen LogP contribution in [-0.4, -0.2) is 95.7 Å². The number of rotatable bonds is 9. The molecular formula is C39H47ClN14O9. The first kappa shape index (κ1) is 48.0. The maximum absolute atomic E-state index is 11.9. The molecule has 0 radical (unpaired) electrons. The van der Waals surface area contributed by atoms with Gasteiger partial charge in [0.15, 0.2) is 0 Å². The van der Waals surface area contributed by atoms with Crippen LogP contribution in [0.3, 0.4) is 0 Å². The number of aryl methyl sites for hydroxylation is 4. The summed E-state index contributed by atoms with van der Waals surface area (Å²) >= 11 is 5.58. The second-order valence-electron chi connectivity index (χ2n) is 13.7. The summed E-state index contributed by atoms with van der Waals surface area (Å²) in [5.41, 5.74) is 16.8. The van der Waals surface area contributed by atoms with E-state index in [-0.39, 0.29) is 22.6 Å². The normalized spacial score (nSPS) is 10.5. The van der Waals surface area contributed by atoms with E-state index in [0.29, 0.717) is 88.7 Å². The van der Waals surface area contributed by atoms with Crippen molar-refractivity contribution in [2.75, 3.05) is 72.4 Å². The van der Waals surface area contributed by atoms with E-state index < -0.39 is 4.92 Å². The molecule has 4 aromatic carbocycles. The summed E-state index contributed by atoms with van der Waals surface area (Å²) < 4.78 is 20.4. The minimum Gasteiger partial charge on any atom is -0.594 e. The number of nitrogens with two attached hydrogens (primary N) is 2. The van der Waals surface area contributed by atoms with E-state index in [2.05, 4.69) is 35.6 Å². The molecule has 0 aliphatic heterocycles. The number of benzene rings is 4. The Balaban J connectivity index is 0.000000187. The molecule has 3 heterocycles. The van der Waals surface area contributed by atoms with Gasteiger partial charge in [0.25, 0.3) is 39.4 Å². The number of hydrogen-bond donors (Lipinski definition) is 3. The Morgan fingerprint density at radius 2 is 1.06 bits per heavy atom. The first-order valence-corrected chi connectivity index (χ1v) is 18.9. The number of nitro groups is 1. The number of nitro benzene ring substituents is 1. The van der Waals surface area contributed by atoms with E-state index in [1.165, 1.54) is 19.2 Å². The fourth-order valence-corrected chi connectivity index (χ4v) is 5.89. The molecule has 0 aliphatic rings. The number of fused-ring (bicyclic) bond motifs is 3. The smallest absolute Gasteiger partial charge is 0.292 e. The molecule has 7 aromatic rings. The van der Waals surface area contributed by atoms with Gasteiger partial charge in [-0.05, 0) is 90.2 Å². The Morgan fingerprint density at radius 3 is 1.52 bits per heavy atom. The summed E-state index contributed by atoms with van der Waals surface area (Å²) in [7, 11) is 10.2. The Kier molecular flexibility index (Phi) is 16.2. The van der Waals surface area contributed by atoms with Crippen molar-refractivity contribution in [2.45, 2.75) is 27.7 Å². The van der Waals surface area contributed by atoms with Crippen LogP contribution in [0, 0.1) is 53.4 Å². The molecule has 0 spiro atoms. The summed E-state index contributed by atoms with van der Waals surface area (Å²) in [6.45, 7) is 8.78. The second kappa shape index (κ2) is 21.2. The highest BCUT2D eigenvalue weighted by molar-refractivity contribution is 6.28. The van der Waals surface area contributed by atoms with Gasteiger partial charge >= 0.3 is 0 Å². The maximum atomic E-state index is 11.9. The number of anilines is 3. The van der Waals surface area contributed by atoms with Gasteiger partial charge in [-0.2, -0.15) is 0 Å². The molecule has 0 aliphatic carbocycles. The van der Waals surface area contributed by atoms with Crippen LogP contribution in [0.1, 0.15) is 22.3 Å². The summed E-state index contributed by atoms with van der Waals surface area (Å²) in [6.07, 6.45) is 0. The molecule has 0 unspecified atom stereocenters. The van der Waals surface area contributed by atoms with Gasteiger partial charge in [-0.3, -0.25) is 10.1 Å². The molecule has 334 valence electrons. The minimum atomic E-state index is -0.512. The number of methoxy groups -OCH3 is 4. The summed E-state index contributed by atoms with van der Waals surface area (Å²) in [5.74, 6) is 2.86. The van der Waals surface area contributed by atoms with Crippen molar-refractivity contribution in [3.8, 4) is 23.0 Å². The lowest BCUT2D eigenvalue weighted by Gasteiger charge is -2.10. The number of nitrogens with zero attached hydrogens (tertiary/aromatic N) is 11. The van der Waals surface area contributed by atoms with Crippen LogP contribution in [0.2, 0.25) is 5.28 Å². The minimum absolute atomic E-state index is 0.0524. The van der Waals surface area contributed by atoms with Crippen LogP contribution >= 0.6 is 11.6 Å². The zero-order valence-electron chi connectivity index (χ0n) is 36.2. The van der Waals surface area contributed by atoms with Crippen LogP contribution < -0.4 is 50.3 Å². The molecule has 0 amide bonds. The standard InChI is InChI=1S/C13H19N5O2.C9H8ClN3O2.C9H10N4O2.C8H10N2O3/c1-9-7-11-10(8-12(9)20-4)15-13(16-18(11)19)14-5-6-17(2)3;2*1-5-3-7-6(4-8(5)15-2)11-9(10)12-13(7)14;1-5-3-7(10(11)12)6(9)4-8(5)13-2/h7-8H,5-6H2,1-4H3,(H,14,15,16);3-4H,1-2H3;3-4H,1-2H3,(H2,10,11,12);3-4H,9H2,1-2H3. The molecule has 0 bridgehead atoms. The number of nitrogen functional groups attached to an aromatic ring is 2. The Bertz CT molecular complexity index is 2670. The predicted molar refractivity (Wildman–Crippen MR) is 235 cm³/mol. The fraction of sp³-hybridized carbons (Fsp3) is 0.308. The molecule has 0 fully saturated rings. The number of nitrogens with one attached hydrogen (secondary N) is 1. The average Bonchev–Trinajstić information content (AvgIpc) is 3.22. The fourth-order valence-electron chi connectivity index (χ4n) is 5.73. The van der Waals surface area contributed by atoms with Crippen LogP contribution in [0.15, 0.2) is 48.5 Å². The van der Waals surface area contributed by atoms with Gasteiger partial charge in [-0.15, -0.1) is 0 Å². The molecule has 0 saturated carbocycles. The van der Waals surface area contributed by atoms with E-state index in [1.54, 1.807) is 64.7 Å². The number of likely N-dealkylation sites (N-methyl/N-ethyl adjacent to an activating group) is 1. The third-order valence-corrected chi connectivity index (χ3v) is 9.06.